The van der Waals surface area contributed by atoms with Gasteiger partial charge < -0.3 is 5.32 Å². The Hall–Kier alpha value is -1.14. The highest BCUT2D eigenvalue weighted by molar-refractivity contribution is 7.80. The molecule has 0 spiro atoms. The number of nitrogens with one attached hydrogen (secondary N) is 3. The lowest BCUT2D eigenvalue weighted by Crippen LogP contribution is -2.52. The van der Waals surface area contributed by atoms with Crippen molar-refractivity contribution < 1.29 is 4.79 Å². The van der Waals surface area contributed by atoms with Crippen LogP contribution in [0.1, 0.15) is 59.6 Å². The maximum atomic E-state index is 12.2. The second-order valence-corrected chi connectivity index (χ2v) is 8.38. The van der Waals surface area contributed by atoms with E-state index in [-0.39, 0.29) is 5.91 Å². The quantitative estimate of drug-likeness (QED) is 0.566. The molecule has 1 amide bonds. The van der Waals surface area contributed by atoms with Crippen LogP contribution in [0.3, 0.4) is 0 Å². The number of thiophene rings is 1. The Bertz CT molecular complexity index is 577. The second kappa shape index (κ2) is 7.18. The van der Waals surface area contributed by atoms with Crippen molar-refractivity contribution in [2.75, 3.05) is 0 Å². The molecule has 0 aliphatic heterocycles. The van der Waals surface area contributed by atoms with E-state index in [9.17, 15) is 4.79 Å². The van der Waals surface area contributed by atoms with Crippen molar-refractivity contribution in [2.24, 2.45) is 11.8 Å². The van der Waals surface area contributed by atoms with E-state index in [2.05, 4.69) is 30.0 Å². The zero-order valence-electron chi connectivity index (χ0n) is 13.8. The van der Waals surface area contributed by atoms with Gasteiger partial charge in [-0.05, 0) is 61.4 Å². The van der Waals surface area contributed by atoms with Crippen molar-refractivity contribution in [2.45, 2.75) is 58.4 Å². The minimum absolute atomic E-state index is 0.0985. The third-order valence-corrected chi connectivity index (χ3v) is 6.74. The lowest BCUT2D eigenvalue weighted by molar-refractivity contribution is 0.0947. The molecule has 0 saturated heterocycles. The molecule has 0 bridgehead atoms. The second-order valence-electron chi connectivity index (χ2n) is 6.84. The van der Waals surface area contributed by atoms with Crippen molar-refractivity contribution >= 4 is 34.6 Å². The van der Waals surface area contributed by atoms with E-state index < -0.39 is 0 Å². The number of aryl methyl sites for hydroxylation is 2. The zero-order chi connectivity index (χ0) is 16.4. The number of hydrogen-bond acceptors (Lipinski definition) is 3. The van der Waals surface area contributed by atoms with Gasteiger partial charge in [-0.15, -0.1) is 11.3 Å². The lowest BCUT2D eigenvalue weighted by atomic mass is 9.78. The summed E-state index contributed by atoms with van der Waals surface area (Å²) in [5, 5.41) is 3.86. The Labute approximate surface area is 147 Å². The predicted molar refractivity (Wildman–Crippen MR) is 98.6 cm³/mol. The van der Waals surface area contributed by atoms with Gasteiger partial charge in [0.2, 0.25) is 0 Å². The third-order valence-electron chi connectivity index (χ3n) is 5.28. The maximum absolute atomic E-state index is 12.2. The summed E-state index contributed by atoms with van der Waals surface area (Å²) in [7, 11) is 0. The van der Waals surface area contributed by atoms with Crippen LogP contribution in [0.5, 0.6) is 0 Å². The molecular formula is C17H25N3OS2. The van der Waals surface area contributed by atoms with Gasteiger partial charge in [-0.25, -0.2) is 0 Å². The molecule has 2 aliphatic rings. The molecule has 0 radical (unpaired) electrons. The van der Waals surface area contributed by atoms with Crippen LogP contribution < -0.4 is 16.2 Å². The first kappa shape index (κ1) is 16.7. The van der Waals surface area contributed by atoms with E-state index in [1.54, 1.807) is 11.3 Å². The number of thiocarbonyl (C=S) groups is 1. The number of fused-ring (bicyclic) bond motifs is 1. The zero-order valence-corrected chi connectivity index (χ0v) is 15.4. The van der Waals surface area contributed by atoms with Gasteiger partial charge >= 0.3 is 0 Å². The number of amides is 1. The third kappa shape index (κ3) is 3.86. The first-order chi connectivity index (χ1) is 11.0. The van der Waals surface area contributed by atoms with Gasteiger partial charge in [-0.3, -0.25) is 15.6 Å². The summed E-state index contributed by atoms with van der Waals surface area (Å²) in [4.78, 5) is 14.3. The Kier molecular flexibility index (Phi) is 5.21. The summed E-state index contributed by atoms with van der Waals surface area (Å²) in [6, 6.07) is 2.41. The van der Waals surface area contributed by atoms with Gasteiger partial charge in [0.15, 0.2) is 5.11 Å². The normalized spacial score (nSPS) is 26.4. The van der Waals surface area contributed by atoms with Crippen LogP contribution in [-0.4, -0.2) is 17.1 Å². The van der Waals surface area contributed by atoms with E-state index in [1.165, 1.54) is 29.7 Å². The number of rotatable bonds is 2. The van der Waals surface area contributed by atoms with Gasteiger partial charge in [0.1, 0.15) is 0 Å². The molecule has 23 heavy (non-hydrogen) atoms. The molecular weight excluding hydrogens is 326 g/mol. The van der Waals surface area contributed by atoms with Crippen molar-refractivity contribution in [3.63, 3.8) is 0 Å². The molecule has 1 saturated carbocycles. The molecule has 6 heteroatoms. The number of hydrogen-bond donors (Lipinski definition) is 3. The minimum Gasteiger partial charge on any atom is -0.358 e. The van der Waals surface area contributed by atoms with E-state index >= 15 is 0 Å². The number of carbonyl (C=O) groups is 1. The summed E-state index contributed by atoms with van der Waals surface area (Å²) in [6.45, 7) is 4.57. The van der Waals surface area contributed by atoms with E-state index in [0.29, 0.717) is 23.0 Å². The molecule has 0 unspecified atom stereocenters. The van der Waals surface area contributed by atoms with Gasteiger partial charge in [-0.2, -0.15) is 0 Å². The smallest absolute Gasteiger partial charge is 0.279 e. The topological polar surface area (TPSA) is 53.2 Å². The summed E-state index contributed by atoms with van der Waals surface area (Å²) < 4.78 is 0. The number of carbonyl (C=O) groups excluding carboxylic acids is 1. The average Bonchev–Trinajstić information content (AvgIpc) is 3.11. The van der Waals surface area contributed by atoms with Crippen molar-refractivity contribution in [1.29, 1.82) is 0 Å². The van der Waals surface area contributed by atoms with Crippen LogP contribution in [0.25, 0.3) is 0 Å². The molecule has 4 nitrogen and oxygen atoms in total. The van der Waals surface area contributed by atoms with Crippen LogP contribution >= 0.6 is 23.6 Å². The maximum Gasteiger partial charge on any atom is 0.279 e. The van der Waals surface area contributed by atoms with Gasteiger partial charge in [0.05, 0.1) is 4.88 Å². The first-order valence-corrected chi connectivity index (χ1v) is 9.75. The molecule has 1 aromatic rings. The van der Waals surface area contributed by atoms with E-state index in [0.717, 1.165) is 24.1 Å². The van der Waals surface area contributed by atoms with Crippen molar-refractivity contribution in [3.8, 4) is 0 Å². The van der Waals surface area contributed by atoms with Crippen molar-refractivity contribution in [3.05, 3.63) is 21.4 Å². The summed E-state index contributed by atoms with van der Waals surface area (Å²) >= 11 is 6.93. The highest BCUT2D eigenvalue weighted by Gasteiger charge is 2.27. The highest BCUT2D eigenvalue weighted by atomic mass is 32.1. The fourth-order valence-electron chi connectivity index (χ4n) is 3.61. The van der Waals surface area contributed by atoms with Crippen LogP contribution in [0, 0.1) is 11.8 Å². The Morgan fingerprint density at radius 1 is 1.22 bits per heavy atom. The molecule has 3 atom stereocenters. The minimum atomic E-state index is -0.0985. The molecule has 126 valence electrons. The highest BCUT2D eigenvalue weighted by Crippen LogP contribution is 2.30. The van der Waals surface area contributed by atoms with Gasteiger partial charge in [0, 0.05) is 10.9 Å². The average molecular weight is 352 g/mol. The Morgan fingerprint density at radius 3 is 2.83 bits per heavy atom. The standard InChI is InChI=1S/C17H25N3OS2/c1-10-5-3-7-13(11(10)2)18-17(22)20-19-16(21)15-9-12-6-4-8-14(12)23-15/h9-11,13H,3-8H2,1-2H3,(H,19,21)(H2,18,20,22)/t10-,11+,13-/m0/s1. The van der Waals surface area contributed by atoms with Crippen LogP contribution in [0.2, 0.25) is 0 Å². The SMILES string of the molecule is C[C@H]1[C@@H](NC(=S)NNC(=O)c2cc3c(s2)CCC3)CCC[C@@H]1C. The fourth-order valence-corrected chi connectivity index (χ4v) is 4.96. The molecule has 1 aromatic heterocycles. The van der Waals surface area contributed by atoms with E-state index in [1.807, 2.05) is 6.07 Å². The van der Waals surface area contributed by atoms with Gasteiger partial charge in [0.25, 0.3) is 5.91 Å². The first-order valence-electron chi connectivity index (χ1n) is 8.53. The molecule has 0 aromatic carbocycles. The Balaban J connectivity index is 1.47. The van der Waals surface area contributed by atoms with Gasteiger partial charge in [-0.1, -0.05) is 26.7 Å². The molecule has 3 rings (SSSR count). The monoisotopic (exact) mass is 351 g/mol. The largest absolute Gasteiger partial charge is 0.358 e. The summed E-state index contributed by atoms with van der Waals surface area (Å²) in [5.41, 5.74) is 6.92. The molecule has 3 N–H and O–H groups in total. The number of hydrazine groups is 1. The molecule has 2 aliphatic carbocycles. The molecule has 1 heterocycles. The van der Waals surface area contributed by atoms with Crippen LogP contribution in [0.4, 0.5) is 0 Å². The lowest BCUT2D eigenvalue weighted by Gasteiger charge is -2.35. The van der Waals surface area contributed by atoms with E-state index in [4.69, 9.17) is 12.2 Å². The summed E-state index contributed by atoms with van der Waals surface area (Å²) in [6.07, 6.45) is 7.09. The van der Waals surface area contributed by atoms with Crippen LogP contribution in [0.15, 0.2) is 6.07 Å². The fraction of sp³-hybridized carbons (Fsp3) is 0.647. The predicted octanol–water partition coefficient (Wildman–Crippen LogP) is 3.17. The van der Waals surface area contributed by atoms with Crippen LogP contribution in [-0.2, 0) is 12.8 Å². The molecule has 1 fully saturated rings. The Morgan fingerprint density at radius 2 is 2.04 bits per heavy atom. The van der Waals surface area contributed by atoms with Crippen molar-refractivity contribution in [1.82, 2.24) is 16.2 Å². The summed E-state index contributed by atoms with van der Waals surface area (Å²) in [5.74, 6) is 1.21.